The molecule has 0 saturated heterocycles. The zero-order valence-electron chi connectivity index (χ0n) is 2.63. The molecule has 0 spiro atoms. The number of carbonyl (C=O) groups excluding carboxylic acids is 1. The summed E-state index contributed by atoms with van der Waals surface area (Å²) in [4.78, 5) is 8.33. The van der Waals surface area contributed by atoms with Gasteiger partial charge in [0.15, 0.2) is 0 Å². The molecule has 0 atom stereocenters. The second kappa shape index (κ2) is 9.13. The van der Waals surface area contributed by atoms with Crippen LogP contribution < -0.4 is 10.2 Å². The Hall–Kier alpha value is 0.568. The van der Waals surface area contributed by atoms with E-state index in [0.717, 1.165) is 0 Å². The largest absolute Gasteiger partial charge is 0.652 e. The fourth-order valence-corrected chi connectivity index (χ4v) is 0. The molecular weight excluding hydrogens is 226 g/mol. The maximum Gasteiger partial charge on any atom is 0 e. The Balaban J connectivity index is -0.0000000450. The molecule has 0 saturated carbocycles. The van der Waals surface area contributed by atoms with Gasteiger partial charge in [-0.3, -0.25) is 0 Å². The molecule has 0 fully saturated rings. The van der Waals surface area contributed by atoms with Crippen molar-refractivity contribution < 1.29 is 60.9 Å². The number of carboxylic acid groups (broad SMARTS) is 2. The predicted molar refractivity (Wildman–Crippen MR) is 9.01 cm³/mol. The van der Waals surface area contributed by atoms with E-state index in [0.29, 0.717) is 0 Å². The Morgan fingerprint density at radius 3 is 1.33 bits per heavy atom. The summed E-state index contributed by atoms with van der Waals surface area (Å²) in [6, 6.07) is 0. The van der Waals surface area contributed by atoms with Crippen molar-refractivity contribution >= 4 is 6.16 Å². The molecule has 4 nitrogen and oxygen atoms in total. The van der Waals surface area contributed by atoms with Gasteiger partial charge in [-0.25, -0.2) is 0 Å². The Morgan fingerprint density at radius 1 is 1.33 bits per heavy atom. The predicted octanol–water partition coefficient (Wildman–Crippen LogP) is -3.27. The zero-order valence-corrected chi connectivity index (χ0v) is 5.25. The summed E-state index contributed by atoms with van der Waals surface area (Å²) in [6.07, 6.45) is -2.33. The van der Waals surface area contributed by atoms with Crippen LogP contribution in [0.3, 0.4) is 0 Å². The van der Waals surface area contributed by atoms with Gasteiger partial charge >= 0.3 is 0 Å². The molecule has 0 bridgehead atoms. The van der Waals surface area contributed by atoms with Crippen LogP contribution in [0.25, 0.3) is 0 Å². The SMILES string of the molecule is O.O=C([O-])[O-].[Sm]. The Bertz CT molecular complexity index is 30.5. The van der Waals surface area contributed by atoms with E-state index in [1.54, 1.807) is 0 Å². The van der Waals surface area contributed by atoms with Crippen molar-refractivity contribution in [3.8, 4) is 0 Å². The summed E-state index contributed by atoms with van der Waals surface area (Å²) >= 11 is 0. The van der Waals surface area contributed by atoms with Gasteiger partial charge in [0.05, 0.1) is 0 Å². The van der Waals surface area contributed by atoms with Crippen LogP contribution in [0.15, 0.2) is 0 Å². The minimum absolute atomic E-state index is 0. The molecule has 2 N–H and O–H groups in total. The summed E-state index contributed by atoms with van der Waals surface area (Å²) in [6.45, 7) is 0. The van der Waals surface area contributed by atoms with Gasteiger partial charge in [0, 0.05) is 40.4 Å². The summed E-state index contributed by atoms with van der Waals surface area (Å²) in [5.41, 5.74) is 0. The molecule has 0 aliphatic heterocycles. The molecule has 0 aromatic heterocycles. The Labute approximate surface area is 66.6 Å². The van der Waals surface area contributed by atoms with Gasteiger partial charge in [-0.05, 0) is 6.16 Å². The zero-order chi connectivity index (χ0) is 3.58. The summed E-state index contributed by atoms with van der Waals surface area (Å²) in [7, 11) is 0. The average Bonchev–Trinajstić information content (AvgIpc) is 0.811. The van der Waals surface area contributed by atoms with Crippen molar-refractivity contribution in [2.45, 2.75) is 0 Å². The van der Waals surface area contributed by atoms with Gasteiger partial charge in [0.25, 0.3) is 0 Å². The fraction of sp³-hybridized carbons (Fsp3) is 0. The van der Waals surface area contributed by atoms with Gasteiger partial charge in [0.1, 0.15) is 0 Å². The number of rotatable bonds is 0. The first kappa shape index (κ1) is 16.0. The molecule has 0 rings (SSSR count). The first-order valence-corrected chi connectivity index (χ1v) is 0.612. The molecule has 0 heterocycles. The maximum absolute atomic E-state index is 8.33. The molecule has 0 aromatic rings. The smallest absolute Gasteiger partial charge is 0 e. The van der Waals surface area contributed by atoms with Crippen molar-refractivity contribution in [1.29, 1.82) is 0 Å². The van der Waals surface area contributed by atoms with Gasteiger partial charge < -0.3 is 20.5 Å². The van der Waals surface area contributed by atoms with E-state index < -0.39 is 6.16 Å². The van der Waals surface area contributed by atoms with E-state index in [1.807, 2.05) is 0 Å². The fourth-order valence-electron chi connectivity index (χ4n) is 0. The van der Waals surface area contributed by atoms with Crippen LogP contribution in [-0.4, -0.2) is 11.6 Å². The topological polar surface area (TPSA) is 94.7 Å². The van der Waals surface area contributed by atoms with E-state index in [2.05, 4.69) is 0 Å². The van der Waals surface area contributed by atoms with Crippen LogP contribution in [0.2, 0.25) is 0 Å². The maximum atomic E-state index is 8.33. The van der Waals surface area contributed by atoms with Crippen molar-refractivity contribution in [1.82, 2.24) is 0 Å². The van der Waals surface area contributed by atoms with Crippen LogP contribution in [0.5, 0.6) is 0 Å². The molecule has 6 heavy (non-hydrogen) atoms. The van der Waals surface area contributed by atoms with Crippen LogP contribution >= 0.6 is 0 Å². The molecule has 0 aliphatic rings. The minimum atomic E-state index is -2.33. The molecule has 5 heteroatoms. The van der Waals surface area contributed by atoms with Crippen molar-refractivity contribution in [3.05, 3.63) is 0 Å². The Kier molecular flexibility index (Phi) is 24.3. The number of carbonyl (C=O) groups is 1. The summed E-state index contributed by atoms with van der Waals surface area (Å²) in [5, 5.41) is 16.7. The van der Waals surface area contributed by atoms with Crippen molar-refractivity contribution in [2.24, 2.45) is 0 Å². The van der Waals surface area contributed by atoms with Crippen LogP contribution in [0.1, 0.15) is 0 Å². The molecule has 0 aromatic carbocycles. The van der Waals surface area contributed by atoms with Crippen LogP contribution in [0.4, 0.5) is 4.79 Å². The second-order valence-corrected chi connectivity index (χ2v) is 0.250. The molecule has 0 amide bonds. The standard InChI is InChI=1S/CH2O3.H2O.Sm/c2-1(3)4;;/h(H2,2,3,4);1H2;/p-2. The van der Waals surface area contributed by atoms with E-state index in [4.69, 9.17) is 15.0 Å². The second-order valence-electron chi connectivity index (χ2n) is 0.250. The van der Waals surface area contributed by atoms with Gasteiger partial charge in [-0.2, -0.15) is 0 Å². The van der Waals surface area contributed by atoms with Gasteiger partial charge in [0.2, 0.25) is 0 Å². The van der Waals surface area contributed by atoms with Gasteiger partial charge in [-0.15, -0.1) is 0 Å². The van der Waals surface area contributed by atoms with Crippen LogP contribution in [-0.2, 0) is 0 Å². The first-order chi connectivity index (χ1) is 1.73. The monoisotopic (exact) mass is 230 g/mol. The molecule has 38 valence electrons. The third kappa shape index (κ3) is 180. The molecular formula is CH2O4Sm-2. The summed E-state index contributed by atoms with van der Waals surface area (Å²) < 4.78 is 0. The minimum Gasteiger partial charge on any atom is -0.652 e. The Morgan fingerprint density at radius 2 is 1.33 bits per heavy atom. The van der Waals surface area contributed by atoms with E-state index >= 15 is 0 Å². The third-order valence-corrected chi connectivity index (χ3v) is 0. The number of hydrogen-bond acceptors (Lipinski definition) is 3. The van der Waals surface area contributed by atoms with E-state index in [9.17, 15) is 0 Å². The number of hydrogen-bond donors (Lipinski definition) is 0. The van der Waals surface area contributed by atoms with Crippen molar-refractivity contribution in [3.63, 3.8) is 0 Å². The average molecular weight is 228 g/mol. The van der Waals surface area contributed by atoms with Crippen molar-refractivity contribution in [2.75, 3.05) is 0 Å². The quantitative estimate of drug-likeness (QED) is 0.435. The molecule has 0 unspecified atom stereocenters. The molecule has 0 aliphatic carbocycles. The van der Waals surface area contributed by atoms with Crippen LogP contribution in [0, 0.1) is 40.4 Å². The molecule has 0 radical (unpaired) electrons. The summed E-state index contributed by atoms with van der Waals surface area (Å²) in [5.74, 6) is 0. The van der Waals surface area contributed by atoms with Gasteiger partial charge in [-0.1, -0.05) is 0 Å². The first-order valence-electron chi connectivity index (χ1n) is 0.612. The van der Waals surface area contributed by atoms with E-state index in [-0.39, 0.29) is 45.9 Å². The van der Waals surface area contributed by atoms with E-state index in [1.165, 1.54) is 0 Å². The third-order valence-electron chi connectivity index (χ3n) is 0. The normalized spacial score (nSPS) is 4.00.